The van der Waals surface area contributed by atoms with E-state index in [1.807, 2.05) is 0 Å². The molecule has 0 heterocycles. The monoisotopic (exact) mass is 345 g/mol. The quantitative estimate of drug-likeness (QED) is 0.291. The molecule has 0 unspecified atom stereocenters. The molecule has 0 saturated heterocycles. The Morgan fingerprint density at radius 2 is 1.33 bits per heavy atom. The second kappa shape index (κ2) is 10.7. The summed E-state index contributed by atoms with van der Waals surface area (Å²) in [7, 11) is -3.13. The summed E-state index contributed by atoms with van der Waals surface area (Å²) in [5.41, 5.74) is 0. The Morgan fingerprint density at radius 3 is 1.33 bits per heavy atom. The molecule has 0 aromatic rings. The second-order valence-electron chi connectivity index (χ2n) is 0.506. The fourth-order valence-electron chi connectivity index (χ4n) is 0. The van der Waals surface area contributed by atoms with Crippen LogP contribution in [0.25, 0.3) is 0 Å². The predicted molar refractivity (Wildman–Crippen MR) is 27.0 cm³/mol. The van der Waals surface area contributed by atoms with E-state index in [1.165, 1.54) is 0 Å². The summed E-state index contributed by atoms with van der Waals surface area (Å²) in [4.78, 5) is 22.6. The molecule has 7 nitrogen and oxygen atoms in total. The molecular formula is H2NO6SiTl-. The van der Waals surface area contributed by atoms with Crippen LogP contribution < -0.4 is 0 Å². The van der Waals surface area contributed by atoms with Crippen LogP contribution in [0.2, 0.25) is 0 Å². The normalized spacial score (nSPS) is 5.33. The first-order chi connectivity index (χ1) is 3.46. The van der Waals surface area contributed by atoms with Gasteiger partial charge in [-0.2, -0.15) is 0 Å². The van der Waals surface area contributed by atoms with E-state index >= 15 is 0 Å². The van der Waals surface area contributed by atoms with Crippen LogP contribution >= 0.6 is 0 Å². The summed E-state index contributed by atoms with van der Waals surface area (Å²) in [5, 5.41) is 14.8. The van der Waals surface area contributed by atoms with Gasteiger partial charge in [-0.15, -0.1) is 0 Å². The van der Waals surface area contributed by atoms with E-state index in [-0.39, 0.29) is 27.3 Å². The van der Waals surface area contributed by atoms with Crippen molar-refractivity contribution >= 4 is 36.5 Å². The molecule has 0 aromatic heterocycles. The van der Waals surface area contributed by atoms with Gasteiger partial charge in [0.2, 0.25) is 0 Å². The molecule has 0 amide bonds. The number of hydrogen-bond donors (Lipinski definition) is 2. The molecule has 9 heteroatoms. The van der Waals surface area contributed by atoms with Crippen LogP contribution in [-0.4, -0.2) is 51.1 Å². The summed E-state index contributed by atoms with van der Waals surface area (Å²) >= 11 is 0. The van der Waals surface area contributed by atoms with E-state index in [0.29, 0.717) is 0 Å². The topological polar surface area (TPSA) is 124 Å². The second-order valence-corrected chi connectivity index (χ2v) is 1.07. The van der Waals surface area contributed by atoms with Gasteiger partial charge in [0, 0.05) is 27.3 Å². The van der Waals surface area contributed by atoms with E-state index < -0.39 is 14.3 Å². The van der Waals surface area contributed by atoms with Crippen LogP contribution in [0.3, 0.4) is 0 Å². The Balaban J connectivity index is -0.0000000720. The van der Waals surface area contributed by atoms with Gasteiger partial charge in [-0.1, -0.05) is 0 Å². The molecule has 51 valence electrons. The summed E-state index contributed by atoms with van der Waals surface area (Å²) in [6.07, 6.45) is 0. The van der Waals surface area contributed by atoms with Crippen molar-refractivity contribution in [2.75, 3.05) is 0 Å². The molecule has 1 radical (unpaired) electrons. The zero-order valence-corrected chi connectivity index (χ0v) is 9.54. The van der Waals surface area contributed by atoms with E-state index in [2.05, 4.69) is 0 Å². The molecule has 9 heavy (non-hydrogen) atoms. The first-order valence-electron chi connectivity index (χ1n) is 1.20. The van der Waals surface area contributed by atoms with Gasteiger partial charge in [-0.3, -0.25) is 4.46 Å². The van der Waals surface area contributed by atoms with Gasteiger partial charge in [-0.05, 0) is 0 Å². The van der Waals surface area contributed by atoms with Crippen LogP contribution in [0.1, 0.15) is 0 Å². The van der Waals surface area contributed by atoms with Crippen molar-refractivity contribution in [3.63, 3.8) is 0 Å². The summed E-state index contributed by atoms with van der Waals surface area (Å²) < 4.78 is 8.74. The minimum absolute atomic E-state index is 0. The maximum Gasteiger partial charge on any atom is 0.761 e. The Morgan fingerprint density at radius 1 is 1.33 bits per heavy atom. The van der Waals surface area contributed by atoms with E-state index in [4.69, 9.17) is 29.4 Å². The van der Waals surface area contributed by atoms with Crippen molar-refractivity contribution in [3.05, 3.63) is 15.3 Å². The third-order valence-electron chi connectivity index (χ3n) is 0. The SMILES string of the molecule is O=[N+]([O-])[O-].O=[Si](O)O.[Tl]. The maximum atomic E-state index is 8.74. The van der Waals surface area contributed by atoms with Crippen LogP contribution in [0.15, 0.2) is 0 Å². The molecule has 2 N–H and O–H groups in total. The van der Waals surface area contributed by atoms with Gasteiger partial charge in [0.05, 0.1) is 5.09 Å². The van der Waals surface area contributed by atoms with E-state index in [0.717, 1.165) is 0 Å². The molecule has 0 spiro atoms. The van der Waals surface area contributed by atoms with Gasteiger partial charge >= 0.3 is 9.17 Å². The Bertz CT molecular complexity index is 71.1. The van der Waals surface area contributed by atoms with E-state index in [9.17, 15) is 0 Å². The van der Waals surface area contributed by atoms with Crippen molar-refractivity contribution in [2.24, 2.45) is 0 Å². The minimum Gasteiger partial charge on any atom is -0.511 e. The van der Waals surface area contributed by atoms with Crippen molar-refractivity contribution in [3.8, 4) is 0 Å². The summed E-state index contributed by atoms with van der Waals surface area (Å²) in [5.74, 6) is 0. The molecule has 0 aromatic carbocycles. The number of rotatable bonds is 0. The first-order valence-corrected chi connectivity index (χ1v) is 2.50. The van der Waals surface area contributed by atoms with Crippen molar-refractivity contribution < 1.29 is 19.1 Å². The Kier molecular flexibility index (Phi) is 18.8. The molecular weight excluding hydrogens is 342 g/mol. The maximum absolute atomic E-state index is 8.74. The number of hydrogen-bond acceptors (Lipinski definition) is 4. The van der Waals surface area contributed by atoms with Crippen LogP contribution in [0, 0.1) is 15.3 Å². The fourth-order valence-corrected chi connectivity index (χ4v) is 0. The zero-order valence-electron chi connectivity index (χ0n) is 4.05. The molecule has 0 bridgehead atoms. The Labute approximate surface area is 71.1 Å². The summed E-state index contributed by atoms with van der Waals surface area (Å²) in [6, 6.07) is 0. The average Bonchev–Trinajstić information content (AvgIpc) is 1.25. The number of nitrogens with zero attached hydrogens (tertiary/aromatic N) is 1. The van der Waals surface area contributed by atoms with Gasteiger partial charge < -0.3 is 24.9 Å². The van der Waals surface area contributed by atoms with Crippen molar-refractivity contribution in [2.45, 2.75) is 0 Å². The van der Waals surface area contributed by atoms with Crippen LogP contribution in [0.4, 0.5) is 0 Å². The summed E-state index contributed by atoms with van der Waals surface area (Å²) in [6.45, 7) is 0. The van der Waals surface area contributed by atoms with Crippen LogP contribution in [-0.2, 0) is 4.46 Å². The third-order valence-corrected chi connectivity index (χ3v) is 0. The zero-order chi connectivity index (χ0) is 7.15. The van der Waals surface area contributed by atoms with Gasteiger partial charge in [0.15, 0.2) is 0 Å². The first kappa shape index (κ1) is 15.9. The molecule has 0 saturated carbocycles. The van der Waals surface area contributed by atoms with Gasteiger partial charge in [-0.25, -0.2) is 0 Å². The molecule has 0 aliphatic carbocycles. The molecule has 0 rings (SSSR count). The smallest absolute Gasteiger partial charge is 0.511 e. The molecule has 0 aliphatic rings. The largest absolute Gasteiger partial charge is 0.761 e. The van der Waals surface area contributed by atoms with Gasteiger partial charge in [0.1, 0.15) is 0 Å². The Hall–Kier alpha value is -0.261. The third kappa shape index (κ3) is 3740. The van der Waals surface area contributed by atoms with Crippen molar-refractivity contribution in [1.82, 2.24) is 0 Å². The molecule has 0 atom stereocenters. The standard InChI is InChI=1S/NO3.H2O3Si.Tl/c2-1(3)4;1-4(2)3;/h;1-2H;/q-1;;. The van der Waals surface area contributed by atoms with Crippen molar-refractivity contribution in [1.29, 1.82) is 0 Å². The predicted octanol–water partition coefficient (Wildman–Crippen LogP) is -2.23. The minimum atomic E-state index is -3.13. The molecule has 0 aliphatic heterocycles. The average molecular weight is 344 g/mol. The van der Waals surface area contributed by atoms with Crippen LogP contribution in [0.5, 0.6) is 0 Å². The molecule has 0 fully saturated rings. The van der Waals surface area contributed by atoms with E-state index in [1.54, 1.807) is 0 Å². The van der Waals surface area contributed by atoms with Gasteiger partial charge in [0.25, 0.3) is 0 Å². The fraction of sp³-hybridized carbons (Fsp3) is 0.